The van der Waals surface area contributed by atoms with E-state index < -0.39 is 0 Å². The van der Waals surface area contributed by atoms with E-state index in [4.69, 9.17) is 0 Å². The van der Waals surface area contributed by atoms with Gasteiger partial charge in [-0.25, -0.2) is 0 Å². The molecule has 0 bridgehead atoms. The average Bonchev–Trinajstić information content (AvgIpc) is 2.78. The summed E-state index contributed by atoms with van der Waals surface area (Å²) in [5.41, 5.74) is 4.99. The van der Waals surface area contributed by atoms with E-state index in [1.807, 2.05) is 42.5 Å². The van der Waals surface area contributed by atoms with Gasteiger partial charge in [0.15, 0.2) is 5.78 Å². The quantitative estimate of drug-likeness (QED) is 0.441. The molecule has 0 fully saturated rings. The minimum Gasteiger partial charge on any atom is -0.377 e. The Bertz CT molecular complexity index is 1160. The van der Waals surface area contributed by atoms with Crippen molar-refractivity contribution in [3.63, 3.8) is 0 Å². The van der Waals surface area contributed by atoms with Crippen LogP contribution in [0.25, 0.3) is 10.8 Å². The first kappa shape index (κ1) is 16.8. The predicted molar refractivity (Wildman–Crippen MR) is 115 cm³/mol. The highest BCUT2D eigenvalue weighted by atomic mass is 16.1. The number of carbonyl (C=O) groups excluding carboxylic acids is 1. The van der Waals surface area contributed by atoms with Gasteiger partial charge in [0.05, 0.1) is 6.04 Å². The van der Waals surface area contributed by atoms with Crippen molar-refractivity contribution in [3.05, 3.63) is 113 Å². The van der Waals surface area contributed by atoms with Crippen LogP contribution >= 0.6 is 0 Å². The molecule has 4 aromatic carbocycles. The van der Waals surface area contributed by atoms with Gasteiger partial charge in [-0.05, 0) is 40.8 Å². The molecule has 1 unspecified atom stereocenters. The second-order valence-corrected chi connectivity index (χ2v) is 7.34. The van der Waals surface area contributed by atoms with E-state index in [1.54, 1.807) is 0 Å². The maximum Gasteiger partial charge on any atom is 0.195 e. The van der Waals surface area contributed by atoms with Gasteiger partial charge in [0.1, 0.15) is 0 Å². The van der Waals surface area contributed by atoms with Crippen molar-refractivity contribution in [1.29, 1.82) is 0 Å². The number of para-hydroxylation sites is 1. The molecule has 1 atom stereocenters. The molecule has 2 nitrogen and oxygen atoms in total. The molecule has 2 heteroatoms. The Morgan fingerprint density at radius 2 is 1.54 bits per heavy atom. The van der Waals surface area contributed by atoms with E-state index in [1.165, 1.54) is 21.9 Å². The molecular weight excluding hydrogens is 342 g/mol. The van der Waals surface area contributed by atoms with Crippen molar-refractivity contribution in [1.82, 2.24) is 0 Å². The average molecular weight is 363 g/mol. The summed E-state index contributed by atoms with van der Waals surface area (Å²) in [6.07, 6.45) is 1.98. The molecule has 1 aliphatic heterocycles. The van der Waals surface area contributed by atoms with E-state index in [2.05, 4.69) is 53.8 Å². The summed E-state index contributed by atoms with van der Waals surface area (Å²) in [7, 11) is 0. The first-order chi connectivity index (χ1) is 13.8. The number of hydrogen-bond acceptors (Lipinski definition) is 2. The van der Waals surface area contributed by atoms with Gasteiger partial charge in [0, 0.05) is 16.8 Å². The first-order valence-corrected chi connectivity index (χ1v) is 9.77. The Kier molecular flexibility index (Phi) is 4.17. The van der Waals surface area contributed by atoms with Crippen molar-refractivity contribution >= 4 is 22.2 Å². The summed E-state index contributed by atoms with van der Waals surface area (Å²) in [5.74, 6) is 0.0727. The Labute approximate surface area is 164 Å². The molecule has 5 rings (SSSR count). The van der Waals surface area contributed by atoms with E-state index in [9.17, 15) is 4.79 Å². The van der Waals surface area contributed by atoms with Crippen LogP contribution < -0.4 is 5.32 Å². The minimum absolute atomic E-state index is 0.0727. The summed E-state index contributed by atoms with van der Waals surface area (Å²) in [4.78, 5) is 13.1. The standard InChI is InChI=1S/C26H21NO/c28-26(20-9-2-1-3-10-20)23-15-7-12-19-16-17-24(27-25(19)23)22-14-6-11-18-8-4-5-13-21(18)22/h1-15,24,27H,16-17H2. The van der Waals surface area contributed by atoms with Crippen molar-refractivity contribution in [2.24, 2.45) is 0 Å². The fourth-order valence-electron chi connectivity index (χ4n) is 4.25. The van der Waals surface area contributed by atoms with Crippen LogP contribution in [0.3, 0.4) is 0 Å². The van der Waals surface area contributed by atoms with E-state index >= 15 is 0 Å². The Morgan fingerprint density at radius 3 is 2.43 bits per heavy atom. The van der Waals surface area contributed by atoms with Gasteiger partial charge in [-0.3, -0.25) is 4.79 Å². The SMILES string of the molecule is O=C(c1ccccc1)c1cccc2c1NC(c1cccc3ccccc13)CC2. The minimum atomic E-state index is 0.0727. The van der Waals surface area contributed by atoms with Gasteiger partial charge in [0.25, 0.3) is 0 Å². The van der Waals surface area contributed by atoms with Crippen LogP contribution in [-0.2, 0) is 6.42 Å². The largest absolute Gasteiger partial charge is 0.377 e. The predicted octanol–water partition coefficient (Wildman–Crippen LogP) is 6.17. The first-order valence-electron chi connectivity index (χ1n) is 9.77. The lowest BCUT2D eigenvalue weighted by Crippen LogP contribution is -2.21. The fraction of sp³-hybridized carbons (Fsp3) is 0.115. The lowest BCUT2D eigenvalue weighted by atomic mass is 9.88. The van der Waals surface area contributed by atoms with Gasteiger partial charge in [0.2, 0.25) is 0 Å². The molecule has 28 heavy (non-hydrogen) atoms. The van der Waals surface area contributed by atoms with Gasteiger partial charge < -0.3 is 5.32 Å². The monoisotopic (exact) mass is 363 g/mol. The summed E-state index contributed by atoms with van der Waals surface area (Å²) < 4.78 is 0. The zero-order valence-corrected chi connectivity index (χ0v) is 15.6. The smallest absolute Gasteiger partial charge is 0.195 e. The molecule has 0 aromatic heterocycles. The lowest BCUT2D eigenvalue weighted by molar-refractivity contribution is 0.103. The third kappa shape index (κ3) is 2.87. The fourth-order valence-corrected chi connectivity index (χ4v) is 4.25. The molecule has 0 saturated carbocycles. The maximum absolute atomic E-state index is 13.1. The van der Waals surface area contributed by atoms with Crippen LogP contribution in [0.1, 0.15) is 39.5 Å². The highest BCUT2D eigenvalue weighted by Crippen LogP contribution is 2.37. The number of anilines is 1. The van der Waals surface area contributed by atoms with Crippen LogP contribution in [0.4, 0.5) is 5.69 Å². The number of carbonyl (C=O) groups is 1. The van der Waals surface area contributed by atoms with Crippen LogP contribution in [0, 0.1) is 0 Å². The topological polar surface area (TPSA) is 29.1 Å². The van der Waals surface area contributed by atoms with Gasteiger partial charge in [-0.1, -0.05) is 84.9 Å². The molecule has 0 saturated heterocycles. The number of benzene rings is 4. The summed E-state index contributed by atoms with van der Waals surface area (Å²) in [5, 5.41) is 6.23. The van der Waals surface area contributed by atoms with Crippen LogP contribution in [-0.4, -0.2) is 5.78 Å². The number of fused-ring (bicyclic) bond motifs is 2. The zero-order chi connectivity index (χ0) is 18.9. The van der Waals surface area contributed by atoms with Crippen LogP contribution in [0.15, 0.2) is 91.0 Å². The molecular formula is C26H21NO. The summed E-state index contributed by atoms with van der Waals surface area (Å²) in [6.45, 7) is 0. The number of hydrogen-bond donors (Lipinski definition) is 1. The van der Waals surface area contributed by atoms with Gasteiger partial charge in [-0.2, -0.15) is 0 Å². The third-order valence-electron chi connectivity index (χ3n) is 5.65. The van der Waals surface area contributed by atoms with E-state index in [-0.39, 0.29) is 11.8 Å². The molecule has 0 spiro atoms. The number of rotatable bonds is 3. The van der Waals surface area contributed by atoms with Crippen molar-refractivity contribution in [2.75, 3.05) is 5.32 Å². The molecule has 1 N–H and O–H groups in total. The number of ketones is 1. The highest BCUT2D eigenvalue weighted by molar-refractivity contribution is 6.12. The second kappa shape index (κ2) is 6.97. The van der Waals surface area contributed by atoms with Crippen molar-refractivity contribution in [2.45, 2.75) is 18.9 Å². The molecule has 0 aliphatic carbocycles. The Hall–Kier alpha value is -3.39. The second-order valence-electron chi connectivity index (χ2n) is 7.34. The van der Waals surface area contributed by atoms with E-state index in [0.29, 0.717) is 0 Å². The third-order valence-corrected chi connectivity index (χ3v) is 5.65. The molecule has 4 aromatic rings. The summed E-state index contributed by atoms with van der Waals surface area (Å²) >= 11 is 0. The highest BCUT2D eigenvalue weighted by Gasteiger charge is 2.25. The Balaban J connectivity index is 1.56. The maximum atomic E-state index is 13.1. The summed E-state index contributed by atoms with van der Waals surface area (Å²) in [6, 6.07) is 30.8. The number of nitrogens with one attached hydrogen (secondary N) is 1. The van der Waals surface area contributed by atoms with Gasteiger partial charge in [-0.15, -0.1) is 0 Å². The van der Waals surface area contributed by atoms with Gasteiger partial charge >= 0.3 is 0 Å². The van der Waals surface area contributed by atoms with Crippen LogP contribution in [0.5, 0.6) is 0 Å². The number of aryl methyl sites for hydroxylation is 1. The molecule has 136 valence electrons. The van der Waals surface area contributed by atoms with Crippen LogP contribution in [0.2, 0.25) is 0 Å². The normalized spacial score (nSPS) is 15.6. The molecule has 0 radical (unpaired) electrons. The Morgan fingerprint density at radius 1 is 0.786 bits per heavy atom. The van der Waals surface area contributed by atoms with E-state index in [0.717, 1.165) is 29.7 Å². The lowest BCUT2D eigenvalue weighted by Gasteiger charge is -2.30. The molecule has 1 heterocycles. The van der Waals surface area contributed by atoms with Crippen molar-refractivity contribution in [3.8, 4) is 0 Å². The molecule has 1 aliphatic rings. The zero-order valence-electron chi connectivity index (χ0n) is 15.6. The molecule has 0 amide bonds. The van der Waals surface area contributed by atoms with Crippen molar-refractivity contribution < 1.29 is 4.79 Å².